The molecule has 0 saturated carbocycles. The van der Waals surface area contributed by atoms with E-state index in [4.69, 9.17) is 14.5 Å². The van der Waals surface area contributed by atoms with E-state index in [1.165, 1.54) is 5.56 Å². The Bertz CT molecular complexity index is 1400. The van der Waals surface area contributed by atoms with Gasteiger partial charge in [-0.3, -0.25) is 14.7 Å². The maximum absolute atomic E-state index is 13.5. The minimum absolute atomic E-state index is 0.419. The van der Waals surface area contributed by atoms with Crippen LogP contribution in [0.3, 0.4) is 0 Å². The highest BCUT2D eigenvalue weighted by Gasteiger charge is 2.40. The number of ether oxygens (including phenoxy) is 2. The third-order valence-electron chi connectivity index (χ3n) is 9.11. The smallest absolute Gasteiger partial charge is 0.309 e. The molecule has 1 aromatic heterocycles. The first kappa shape index (κ1) is 31.2. The molecule has 232 valence electrons. The quantitative estimate of drug-likeness (QED) is 0.271. The summed E-state index contributed by atoms with van der Waals surface area (Å²) in [5.74, 6) is -3.78. The number of morpholine rings is 1. The number of aliphatic carboxylic acids is 1. The zero-order valence-electron chi connectivity index (χ0n) is 24.7. The Morgan fingerprint density at radius 3 is 2.40 bits per heavy atom. The lowest BCUT2D eigenvalue weighted by atomic mass is 9.74. The van der Waals surface area contributed by atoms with Crippen molar-refractivity contribution in [3.8, 4) is 5.75 Å². The van der Waals surface area contributed by atoms with E-state index in [0.717, 1.165) is 66.8 Å². The number of pyridine rings is 1. The summed E-state index contributed by atoms with van der Waals surface area (Å²) in [6.07, 6.45) is 6.19. The van der Waals surface area contributed by atoms with Gasteiger partial charge in [0.05, 0.1) is 31.3 Å². The average Bonchev–Trinajstić information content (AvgIpc) is 3.01. The average molecular weight is 600 g/mol. The number of hydrogen-bond acceptors (Lipinski definition) is 6. The van der Waals surface area contributed by atoms with Gasteiger partial charge in [-0.1, -0.05) is 0 Å². The molecule has 0 spiro atoms. The van der Waals surface area contributed by atoms with Crippen molar-refractivity contribution in [1.82, 2.24) is 14.8 Å². The zero-order valence-corrected chi connectivity index (χ0v) is 24.7. The Morgan fingerprint density at radius 1 is 1.00 bits per heavy atom. The molecule has 5 rings (SSSR count). The molecule has 7 nitrogen and oxygen atoms in total. The Morgan fingerprint density at radius 2 is 1.72 bits per heavy atom. The van der Waals surface area contributed by atoms with Crippen LogP contribution in [0.5, 0.6) is 5.75 Å². The molecular formula is C33H40F3N3O4. The van der Waals surface area contributed by atoms with Crippen molar-refractivity contribution in [1.29, 1.82) is 0 Å². The Balaban J connectivity index is 1.21. The minimum atomic E-state index is -1.45. The molecule has 0 amide bonds. The monoisotopic (exact) mass is 599 g/mol. The highest BCUT2D eigenvalue weighted by molar-refractivity contribution is 5.84. The van der Waals surface area contributed by atoms with Gasteiger partial charge in [0.15, 0.2) is 17.5 Å². The van der Waals surface area contributed by atoms with Gasteiger partial charge in [0.2, 0.25) is 0 Å². The molecule has 0 atom stereocenters. The van der Waals surface area contributed by atoms with Crippen molar-refractivity contribution in [2.45, 2.75) is 51.5 Å². The number of nitrogens with zero attached hydrogens (tertiary/aromatic N) is 3. The summed E-state index contributed by atoms with van der Waals surface area (Å²) in [6.45, 7) is 5.92. The lowest BCUT2D eigenvalue weighted by Gasteiger charge is -2.39. The highest BCUT2D eigenvalue weighted by atomic mass is 19.2. The number of likely N-dealkylation sites (tertiary alicyclic amines) is 1. The van der Waals surface area contributed by atoms with E-state index in [0.29, 0.717) is 70.5 Å². The van der Waals surface area contributed by atoms with Crippen LogP contribution < -0.4 is 4.74 Å². The van der Waals surface area contributed by atoms with Crippen LogP contribution in [-0.4, -0.2) is 78.9 Å². The van der Waals surface area contributed by atoms with Crippen molar-refractivity contribution >= 4 is 16.9 Å². The lowest BCUT2D eigenvalue weighted by Crippen LogP contribution is -2.44. The van der Waals surface area contributed by atoms with Crippen LogP contribution >= 0.6 is 0 Å². The molecule has 0 unspecified atom stereocenters. The predicted octanol–water partition coefficient (Wildman–Crippen LogP) is 5.62. The van der Waals surface area contributed by atoms with Crippen LogP contribution in [0.4, 0.5) is 13.2 Å². The maximum Gasteiger partial charge on any atom is 0.309 e. The number of aryl methyl sites for hydroxylation is 2. The van der Waals surface area contributed by atoms with E-state index in [1.54, 1.807) is 7.11 Å². The van der Waals surface area contributed by atoms with E-state index >= 15 is 0 Å². The highest BCUT2D eigenvalue weighted by Crippen LogP contribution is 2.38. The zero-order chi connectivity index (χ0) is 30.4. The molecule has 0 aliphatic carbocycles. The molecule has 3 heterocycles. The third-order valence-corrected chi connectivity index (χ3v) is 9.11. The van der Waals surface area contributed by atoms with Gasteiger partial charge in [0.25, 0.3) is 0 Å². The van der Waals surface area contributed by atoms with Gasteiger partial charge in [0, 0.05) is 31.2 Å². The van der Waals surface area contributed by atoms with E-state index in [-0.39, 0.29) is 0 Å². The Hall–Kier alpha value is -3.21. The molecule has 2 aromatic carbocycles. The molecule has 3 aromatic rings. The SMILES string of the molecule is COc1ccc2ncc(CN3CCOCC3)c(CCCC3(C(=O)O)CCN(CCCc4cc(F)c(F)c(F)c4)CC3)c2c1. The van der Waals surface area contributed by atoms with Crippen LogP contribution in [0.1, 0.15) is 48.8 Å². The van der Waals surface area contributed by atoms with Crippen molar-refractivity contribution in [3.63, 3.8) is 0 Å². The molecule has 0 bridgehead atoms. The van der Waals surface area contributed by atoms with Gasteiger partial charge in [-0.15, -0.1) is 0 Å². The summed E-state index contributed by atoms with van der Waals surface area (Å²) in [5.41, 5.74) is 2.88. The van der Waals surface area contributed by atoms with Gasteiger partial charge in [-0.25, -0.2) is 13.2 Å². The second-order valence-corrected chi connectivity index (χ2v) is 11.8. The molecule has 10 heteroatoms. The summed E-state index contributed by atoms with van der Waals surface area (Å²) in [4.78, 5) is 21.9. The molecular weight excluding hydrogens is 559 g/mol. The fourth-order valence-electron chi connectivity index (χ4n) is 6.46. The number of methoxy groups -OCH3 is 1. The normalized spacial score (nSPS) is 17.8. The first-order chi connectivity index (χ1) is 20.8. The molecule has 2 aliphatic rings. The number of carboxylic acids is 1. The molecule has 2 aliphatic heterocycles. The number of hydrogen-bond donors (Lipinski definition) is 1. The second-order valence-electron chi connectivity index (χ2n) is 11.8. The summed E-state index contributed by atoms with van der Waals surface area (Å²) >= 11 is 0. The van der Waals surface area contributed by atoms with E-state index in [2.05, 4.69) is 9.80 Å². The van der Waals surface area contributed by atoms with Crippen LogP contribution in [0.15, 0.2) is 36.5 Å². The standard InChI is InChI=1S/C33H40F3N3O4/c1-42-25-6-7-30-27(20-25)26(24(21-37-30)22-39-14-16-43-17-15-39)5-2-8-33(32(40)41)9-12-38(13-10-33)11-3-4-23-18-28(34)31(36)29(35)19-23/h6-7,18-21H,2-5,8-17,22H2,1H3,(H,40,41). The van der Waals surface area contributed by atoms with Gasteiger partial charge in [-0.05, 0) is 112 Å². The molecule has 1 N–H and O–H groups in total. The molecule has 0 radical (unpaired) electrons. The number of halogens is 3. The van der Waals surface area contributed by atoms with Crippen LogP contribution in [0.25, 0.3) is 10.9 Å². The van der Waals surface area contributed by atoms with Gasteiger partial charge >= 0.3 is 5.97 Å². The summed E-state index contributed by atoms with van der Waals surface area (Å²) < 4.78 is 51.3. The van der Waals surface area contributed by atoms with Crippen LogP contribution in [-0.2, 0) is 28.9 Å². The number of carbonyl (C=O) groups is 1. The van der Waals surface area contributed by atoms with Crippen LogP contribution in [0, 0.1) is 22.9 Å². The first-order valence-corrected chi connectivity index (χ1v) is 15.1. The summed E-state index contributed by atoms with van der Waals surface area (Å²) in [6, 6.07) is 7.98. The number of carboxylic acid groups (broad SMARTS) is 1. The lowest BCUT2D eigenvalue weighted by molar-refractivity contribution is -0.152. The van der Waals surface area contributed by atoms with Crippen molar-refractivity contribution < 1.29 is 32.5 Å². The summed E-state index contributed by atoms with van der Waals surface area (Å²) in [7, 11) is 1.65. The molecule has 43 heavy (non-hydrogen) atoms. The molecule has 2 fully saturated rings. The molecule has 2 saturated heterocycles. The van der Waals surface area contributed by atoms with E-state index in [1.807, 2.05) is 24.4 Å². The minimum Gasteiger partial charge on any atom is -0.497 e. The van der Waals surface area contributed by atoms with Gasteiger partial charge in [-0.2, -0.15) is 0 Å². The Kier molecular flexibility index (Phi) is 10.2. The number of benzene rings is 2. The second kappa shape index (κ2) is 14.1. The van der Waals surface area contributed by atoms with Gasteiger partial charge < -0.3 is 19.5 Å². The van der Waals surface area contributed by atoms with Gasteiger partial charge in [0.1, 0.15) is 5.75 Å². The number of fused-ring (bicyclic) bond motifs is 1. The fraction of sp³-hybridized carbons (Fsp3) is 0.515. The van der Waals surface area contributed by atoms with Crippen molar-refractivity contribution in [3.05, 3.63) is 70.7 Å². The van der Waals surface area contributed by atoms with E-state index < -0.39 is 28.8 Å². The largest absolute Gasteiger partial charge is 0.497 e. The number of piperidine rings is 1. The number of aromatic nitrogens is 1. The predicted molar refractivity (Wildman–Crippen MR) is 158 cm³/mol. The topological polar surface area (TPSA) is 75.1 Å². The first-order valence-electron chi connectivity index (χ1n) is 15.1. The third kappa shape index (κ3) is 7.48. The van der Waals surface area contributed by atoms with E-state index in [9.17, 15) is 23.1 Å². The Labute approximate surface area is 250 Å². The fourth-order valence-corrected chi connectivity index (χ4v) is 6.46. The maximum atomic E-state index is 13.5. The number of rotatable bonds is 12. The van der Waals surface area contributed by atoms with Crippen LogP contribution in [0.2, 0.25) is 0 Å². The van der Waals surface area contributed by atoms with Crippen molar-refractivity contribution in [2.24, 2.45) is 5.41 Å². The van der Waals surface area contributed by atoms with Crippen molar-refractivity contribution in [2.75, 3.05) is 53.0 Å². The summed E-state index contributed by atoms with van der Waals surface area (Å²) in [5, 5.41) is 11.4.